The summed E-state index contributed by atoms with van der Waals surface area (Å²) >= 11 is 1.28. The van der Waals surface area contributed by atoms with Gasteiger partial charge in [0, 0.05) is 20.8 Å². The molecule has 2 heterocycles. The Kier molecular flexibility index (Phi) is 7.75. The maximum atomic E-state index is 13.2. The molecule has 0 radical (unpaired) electrons. The van der Waals surface area contributed by atoms with E-state index in [1.54, 1.807) is 12.1 Å². The third-order valence-corrected chi connectivity index (χ3v) is 6.18. The molecule has 10 nitrogen and oxygen atoms in total. The van der Waals surface area contributed by atoms with Crippen LogP contribution < -0.4 is 0 Å². The van der Waals surface area contributed by atoms with Gasteiger partial charge < -0.3 is 18.9 Å². The molecule has 11 heteroatoms. The van der Waals surface area contributed by atoms with Gasteiger partial charge in [-0.2, -0.15) is 0 Å². The second kappa shape index (κ2) is 10.3. The highest BCUT2D eigenvalue weighted by Gasteiger charge is 2.56. The van der Waals surface area contributed by atoms with Crippen LogP contribution in [0.4, 0.5) is 0 Å². The second-order valence-corrected chi connectivity index (χ2v) is 8.84. The number of thioether (sulfide) groups is 1. The second-order valence-electron chi connectivity index (χ2n) is 7.47. The fourth-order valence-electron chi connectivity index (χ4n) is 3.94. The summed E-state index contributed by atoms with van der Waals surface area (Å²) in [7, 11) is 0. The number of carbonyl (C=O) groups is 5. The van der Waals surface area contributed by atoms with Crippen LogP contribution in [0.2, 0.25) is 0 Å². The summed E-state index contributed by atoms with van der Waals surface area (Å²) < 4.78 is 22.1. The molecular weight excluding hydrogens is 454 g/mol. The largest absolute Gasteiger partial charge is 0.463 e. The van der Waals surface area contributed by atoms with E-state index in [4.69, 9.17) is 18.9 Å². The Hall–Kier alpha value is -2.92. The van der Waals surface area contributed by atoms with Gasteiger partial charge in [0.1, 0.15) is 24.2 Å². The van der Waals surface area contributed by atoms with E-state index in [9.17, 15) is 24.0 Å². The zero-order chi connectivity index (χ0) is 24.3. The van der Waals surface area contributed by atoms with Crippen LogP contribution in [-0.2, 0) is 33.3 Å². The maximum absolute atomic E-state index is 13.2. The van der Waals surface area contributed by atoms with Gasteiger partial charge >= 0.3 is 17.9 Å². The molecule has 0 saturated carbocycles. The van der Waals surface area contributed by atoms with Crippen molar-refractivity contribution in [1.29, 1.82) is 0 Å². The van der Waals surface area contributed by atoms with Crippen LogP contribution in [0.25, 0.3) is 0 Å². The van der Waals surface area contributed by atoms with E-state index in [0.717, 1.165) is 11.8 Å². The van der Waals surface area contributed by atoms with Gasteiger partial charge in [-0.05, 0) is 17.9 Å². The summed E-state index contributed by atoms with van der Waals surface area (Å²) in [6.45, 7) is 5.13. The molecule has 2 aliphatic rings. The number of amides is 2. The molecule has 1 aromatic carbocycles. The van der Waals surface area contributed by atoms with E-state index in [1.165, 1.54) is 37.7 Å². The third kappa shape index (κ3) is 5.19. The molecule has 33 heavy (non-hydrogen) atoms. The third-order valence-electron chi connectivity index (χ3n) is 5.12. The predicted molar refractivity (Wildman–Crippen MR) is 115 cm³/mol. The first-order valence-corrected chi connectivity index (χ1v) is 11.4. The van der Waals surface area contributed by atoms with E-state index >= 15 is 0 Å². The Bertz CT molecular complexity index is 930. The smallest absolute Gasteiger partial charge is 0.303 e. The van der Waals surface area contributed by atoms with Crippen LogP contribution in [0.5, 0.6) is 0 Å². The summed E-state index contributed by atoms with van der Waals surface area (Å²) in [4.78, 5) is 62.8. The number of carbonyl (C=O) groups excluding carboxylic acids is 5. The molecule has 1 saturated heterocycles. The summed E-state index contributed by atoms with van der Waals surface area (Å²) in [6.07, 6.45) is -3.46. The fourth-order valence-corrected chi connectivity index (χ4v) is 4.96. The van der Waals surface area contributed by atoms with Gasteiger partial charge in [0.25, 0.3) is 11.8 Å². The SMILES string of the molecule is CCS[C@@H]1OC(COC(C)=O)[C@@H](OC(C)=O)[C@@H](OC(C)=O)C1N1C(=O)c2ccccc2C1=O. The highest BCUT2D eigenvalue weighted by molar-refractivity contribution is 7.99. The average Bonchev–Trinajstić information content (AvgIpc) is 2.99. The molecule has 1 fully saturated rings. The number of esters is 3. The van der Waals surface area contributed by atoms with Crippen molar-refractivity contribution in [3.63, 3.8) is 0 Å². The quantitative estimate of drug-likeness (QED) is 0.323. The Morgan fingerprint density at radius 1 is 0.939 bits per heavy atom. The van der Waals surface area contributed by atoms with Crippen LogP contribution in [0.15, 0.2) is 24.3 Å². The first-order chi connectivity index (χ1) is 15.6. The molecular formula is C22H25NO9S. The van der Waals surface area contributed by atoms with Crippen molar-refractivity contribution in [2.75, 3.05) is 12.4 Å². The predicted octanol–water partition coefficient (Wildman–Crippen LogP) is 1.56. The normalized spacial score (nSPS) is 26.5. The zero-order valence-electron chi connectivity index (χ0n) is 18.6. The molecule has 5 atom stereocenters. The minimum atomic E-state index is -1.24. The van der Waals surface area contributed by atoms with Crippen molar-refractivity contribution in [2.45, 2.75) is 57.5 Å². The number of benzene rings is 1. The van der Waals surface area contributed by atoms with Gasteiger partial charge in [-0.1, -0.05) is 19.1 Å². The van der Waals surface area contributed by atoms with Crippen LogP contribution >= 0.6 is 11.8 Å². The molecule has 0 aliphatic carbocycles. The van der Waals surface area contributed by atoms with E-state index in [2.05, 4.69) is 0 Å². The average molecular weight is 480 g/mol. The zero-order valence-corrected chi connectivity index (χ0v) is 19.5. The molecule has 0 aromatic heterocycles. The molecule has 2 amide bonds. The standard InChI is InChI=1S/C22H25NO9S/c1-5-33-22-17(23-20(27)14-8-6-7-9-15(14)21(23)28)19(31-13(4)26)18(30-12(3)25)16(32-22)10-29-11(2)24/h6-9,16-19,22H,5,10H2,1-4H3/t16?,17?,18-,19+,22+/m1/s1. The number of ether oxygens (including phenoxy) is 4. The lowest BCUT2D eigenvalue weighted by Gasteiger charge is -2.47. The number of nitrogens with zero attached hydrogens (tertiary/aromatic N) is 1. The first-order valence-electron chi connectivity index (χ1n) is 10.4. The molecule has 178 valence electrons. The van der Waals surface area contributed by atoms with Crippen molar-refractivity contribution in [3.05, 3.63) is 35.4 Å². The van der Waals surface area contributed by atoms with Gasteiger partial charge in [0.2, 0.25) is 0 Å². The molecule has 3 rings (SSSR count). The van der Waals surface area contributed by atoms with E-state index in [0.29, 0.717) is 5.75 Å². The number of imide groups is 1. The van der Waals surface area contributed by atoms with Crippen molar-refractivity contribution in [3.8, 4) is 0 Å². The topological polar surface area (TPSA) is 126 Å². The van der Waals surface area contributed by atoms with Crippen molar-refractivity contribution in [2.24, 2.45) is 0 Å². The highest BCUT2D eigenvalue weighted by atomic mass is 32.2. The molecule has 0 bridgehead atoms. The van der Waals surface area contributed by atoms with Crippen LogP contribution in [-0.4, -0.2) is 76.8 Å². The lowest BCUT2D eigenvalue weighted by atomic mass is 9.96. The minimum absolute atomic E-state index is 0.218. The van der Waals surface area contributed by atoms with Crippen molar-refractivity contribution in [1.82, 2.24) is 4.90 Å². The highest BCUT2D eigenvalue weighted by Crippen LogP contribution is 2.38. The van der Waals surface area contributed by atoms with E-state index in [1.807, 2.05) is 6.92 Å². The summed E-state index contributed by atoms with van der Waals surface area (Å²) in [5, 5.41) is 0. The molecule has 0 spiro atoms. The summed E-state index contributed by atoms with van der Waals surface area (Å²) in [5.74, 6) is -2.57. The lowest BCUT2D eigenvalue weighted by molar-refractivity contribution is -0.216. The number of hydrogen-bond donors (Lipinski definition) is 0. The number of fused-ring (bicyclic) bond motifs is 1. The van der Waals surface area contributed by atoms with Gasteiger partial charge in [-0.3, -0.25) is 28.9 Å². The lowest BCUT2D eigenvalue weighted by Crippen LogP contribution is -2.66. The Morgan fingerprint density at radius 2 is 1.48 bits per heavy atom. The van der Waals surface area contributed by atoms with Gasteiger partial charge in [0.05, 0.1) is 11.1 Å². The van der Waals surface area contributed by atoms with Crippen molar-refractivity contribution >= 4 is 41.5 Å². The van der Waals surface area contributed by atoms with E-state index < -0.39 is 59.5 Å². The van der Waals surface area contributed by atoms with Crippen molar-refractivity contribution < 1.29 is 42.9 Å². The summed E-state index contributed by atoms with van der Waals surface area (Å²) in [6, 6.07) is 5.27. The first kappa shape index (κ1) is 24.7. The minimum Gasteiger partial charge on any atom is -0.463 e. The monoisotopic (exact) mass is 479 g/mol. The van der Waals surface area contributed by atoms with Gasteiger partial charge in [-0.15, -0.1) is 11.8 Å². The number of rotatable bonds is 7. The fraction of sp³-hybridized carbons (Fsp3) is 0.500. The van der Waals surface area contributed by atoms with Crippen LogP contribution in [0.1, 0.15) is 48.4 Å². The Balaban J connectivity index is 2.07. The molecule has 2 unspecified atom stereocenters. The van der Waals surface area contributed by atoms with Gasteiger partial charge in [0.15, 0.2) is 12.2 Å². The number of hydrogen-bond acceptors (Lipinski definition) is 10. The van der Waals surface area contributed by atoms with Crippen LogP contribution in [0.3, 0.4) is 0 Å². The molecule has 2 aliphatic heterocycles. The Labute approximate surface area is 194 Å². The summed E-state index contributed by atoms with van der Waals surface area (Å²) in [5.41, 5.74) is -0.403. The van der Waals surface area contributed by atoms with E-state index in [-0.39, 0.29) is 17.7 Å². The molecule has 0 N–H and O–H groups in total. The van der Waals surface area contributed by atoms with Gasteiger partial charge in [-0.25, -0.2) is 0 Å². The Morgan fingerprint density at radius 3 is 1.97 bits per heavy atom. The van der Waals surface area contributed by atoms with Crippen LogP contribution in [0, 0.1) is 0 Å². The maximum Gasteiger partial charge on any atom is 0.303 e. The molecule has 1 aromatic rings.